The molecule has 1 aromatic heterocycles. The van der Waals surface area contributed by atoms with Crippen LogP contribution in [0.5, 0.6) is 0 Å². The number of halogens is 3. The molecule has 0 spiro atoms. The van der Waals surface area contributed by atoms with Gasteiger partial charge < -0.3 is 5.43 Å². The molecule has 0 unspecified atom stereocenters. The molecule has 0 aliphatic rings. The summed E-state index contributed by atoms with van der Waals surface area (Å²) in [4.78, 5) is 0. The van der Waals surface area contributed by atoms with Crippen LogP contribution in [-0.4, -0.2) is 14.9 Å². The summed E-state index contributed by atoms with van der Waals surface area (Å²) in [5.41, 5.74) is 4.44. The fourth-order valence-electron chi connectivity index (χ4n) is 2.21. The van der Waals surface area contributed by atoms with E-state index in [1.54, 1.807) is 35.9 Å². The molecule has 0 fully saturated rings. The third-order valence-corrected chi connectivity index (χ3v) is 4.91. The van der Waals surface area contributed by atoms with Gasteiger partial charge in [-0.15, -0.1) is 10.2 Å². The van der Waals surface area contributed by atoms with Crippen molar-refractivity contribution in [1.82, 2.24) is 14.9 Å². The standard InChI is InChI=1S/C17H15ClF2N4S/c1-11-22-23-17(25-10-12-5-7-13(19)8-6-12)24(11)21-9-14-15(18)3-2-4-16(14)20/h2-8,21H,9-10H2,1H3. The minimum atomic E-state index is -0.369. The van der Waals surface area contributed by atoms with Gasteiger partial charge in [-0.1, -0.05) is 41.6 Å². The number of aromatic nitrogens is 3. The maximum Gasteiger partial charge on any atom is 0.210 e. The second kappa shape index (κ2) is 7.84. The van der Waals surface area contributed by atoms with Crippen molar-refractivity contribution >= 4 is 23.4 Å². The Morgan fingerprint density at radius 3 is 2.60 bits per heavy atom. The molecule has 25 heavy (non-hydrogen) atoms. The van der Waals surface area contributed by atoms with E-state index in [9.17, 15) is 8.78 Å². The summed E-state index contributed by atoms with van der Waals surface area (Å²) in [5, 5.41) is 9.15. The first kappa shape index (κ1) is 17.7. The highest BCUT2D eigenvalue weighted by Crippen LogP contribution is 2.23. The third-order valence-electron chi connectivity index (χ3n) is 3.55. The van der Waals surface area contributed by atoms with E-state index in [1.807, 2.05) is 0 Å². The first-order valence-electron chi connectivity index (χ1n) is 7.50. The zero-order valence-corrected chi connectivity index (χ0v) is 14.9. The number of aryl methyl sites for hydroxylation is 1. The predicted molar refractivity (Wildman–Crippen MR) is 95.2 cm³/mol. The van der Waals surface area contributed by atoms with Gasteiger partial charge in [0.15, 0.2) is 0 Å². The molecule has 0 aliphatic heterocycles. The summed E-state index contributed by atoms with van der Waals surface area (Å²) < 4.78 is 28.5. The molecular formula is C17H15ClF2N4S. The molecule has 2 aromatic carbocycles. The molecular weight excluding hydrogens is 366 g/mol. The molecule has 3 aromatic rings. The Hall–Kier alpha value is -2.12. The van der Waals surface area contributed by atoms with Crippen LogP contribution in [0.15, 0.2) is 47.6 Å². The Morgan fingerprint density at radius 1 is 1.12 bits per heavy atom. The van der Waals surface area contributed by atoms with Crippen molar-refractivity contribution in [2.75, 3.05) is 5.43 Å². The summed E-state index contributed by atoms with van der Waals surface area (Å²) in [6, 6.07) is 10.9. The number of hydrogen-bond donors (Lipinski definition) is 1. The molecule has 1 heterocycles. The monoisotopic (exact) mass is 380 g/mol. The molecule has 4 nitrogen and oxygen atoms in total. The van der Waals surface area contributed by atoms with Crippen molar-refractivity contribution in [3.8, 4) is 0 Å². The maximum absolute atomic E-state index is 13.9. The quantitative estimate of drug-likeness (QED) is 0.637. The molecule has 0 atom stereocenters. The van der Waals surface area contributed by atoms with Gasteiger partial charge in [0.05, 0.1) is 6.54 Å². The lowest BCUT2D eigenvalue weighted by Gasteiger charge is -2.13. The first-order valence-corrected chi connectivity index (χ1v) is 8.87. The number of nitrogens with zero attached hydrogens (tertiary/aromatic N) is 3. The smallest absolute Gasteiger partial charge is 0.210 e. The highest BCUT2D eigenvalue weighted by molar-refractivity contribution is 7.98. The minimum absolute atomic E-state index is 0.203. The minimum Gasteiger partial charge on any atom is -0.318 e. The van der Waals surface area contributed by atoms with Crippen molar-refractivity contribution in [2.45, 2.75) is 24.4 Å². The summed E-state index contributed by atoms with van der Waals surface area (Å²) in [6.45, 7) is 2.00. The SMILES string of the molecule is Cc1nnc(SCc2ccc(F)cc2)n1NCc1c(F)cccc1Cl. The number of nitrogens with one attached hydrogen (secondary N) is 1. The van der Waals surface area contributed by atoms with Gasteiger partial charge in [0, 0.05) is 16.3 Å². The van der Waals surface area contributed by atoms with E-state index in [1.165, 1.54) is 30.0 Å². The molecule has 130 valence electrons. The van der Waals surface area contributed by atoms with E-state index >= 15 is 0 Å². The Kier molecular flexibility index (Phi) is 5.55. The van der Waals surface area contributed by atoms with Crippen molar-refractivity contribution in [3.05, 3.63) is 76.1 Å². The van der Waals surface area contributed by atoms with E-state index < -0.39 is 0 Å². The van der Waals surface area contributed by atoms with Crippen LogP contribution in [0.25, 0.3) is 0 Å². The van der Waals surface area contributed by atoms with E-state index in [0.29, 0.717) is 27.3 Å². The fourth-order valence-corrected chi connectivity index (χ4v) is 3.35. The van der Waals surface area contributed by atoms with Crippen molar-refractivity contribution in [1.29, 1.82) is 0 Å². The molecule has 0 saturated heterocycles. The van der Waals surface area contributed by atoms with E-state index in [2.05, 4.69) is 15.6 Å². The van der Waals surface area contributed by atoms with E-state index in [-0.39, 0.29) is 18.2 Å². The van der Waals surface area contributed by atoms with Crippen LogP contribution in [0.4, 0.5) is 8.78 Å². The topological polar surface area (TPSA) is 42.7 Å². The maximum atomic E-state index is 13.9. The van der Waals surface area contributed by atoms with Gasteiger partial charge in [0.25, 0.3) is 0 Å². The molecule has 0 radical (unpaired) electrons. The van der Waals surface area contributed by atoms with Gasteiger partial charge in [-0.05, 0) is 36.8 Å². The molecule has 3 rings (SSSR count). The van der Waals surface area contributed by atoms with Crippen LogP contribution in [0, 0.1) is 18.6 Å². The Bertz CT molecular complexity index is 847. The number of hydrogen-bond acceptors (Lipinski definition) is 4. The summed E-state index contributed by atoms with van der Waals surface area (Å²) in [6.07, 6.45) is 0. The van der Waals surface area contributed by atoms with Crippen LogP contribution in [-0.2, 0) is 12.3 Å². The average molecular weight is 381 g/mol. The number of benzene rings is 2. The second-order valence-corrected chi connectivity index (χ2v) is 6.67. The molecule has 0 saturated carbocycles. The Labute approximate surface area is 153 Å². The van der Waals surface area contributed by atoms with Crippen LogP contribution < -0.4 is 5.43 Å². The van der Waals surface area contributed by atoms with Crippen molar-refractivity contribution < 1.29 is 8.78 Å². The van der Waals surface area contributed by atoms with Crippen molar-refractivity contribution in [2.24, 2.45) is 0 Å². The summed E-state index contributed by atoms with van der Waals surface area (Å²) >= 11 is 7.49. The largest absolute Gasteiger partial charge is 0.318 e. The zero-order chi connectivity index (χ0) is 17.8. The Balaban J connectivity index is 1.70. The van der Waals surface area contributed by atoms with Crippen LogP contribution in [0.1, 0.15) is 17.0 Å². The first-order chi connectivity index (χ1) is 12.0. The molecule has 1 N–H and O–H groups in total. The number of rotatable bonds is 6. The van der Waals surface area contributed by atoms with E-state index in [4.69, 9.17) is 11.6 Å². The molecule has 0 bridgehead atoms. The molecule has 0 amide bonds. The van der Waals surface area contributed by atoms with Gasteiger partial charge in [0.1, 0.15) is 17.5 Å². The highest BCUT2D eigenvalue weighted by atomic mass is 35.5. The van der Waals surface area contributed by atoms with Gasteiger partial charge in [-0.25, -0.2) is 13.5 Å². The number of thioether (sulfide) groups is 1. The normalized spacial score (nSPS) is 10.9. The lowest BCUT2D eigenvalue weighted by molar-refractivity contribution is 0.605. The van der Waals surface area contributed by atoms with Gasteiger partial charge >= 0.3 is 0 Å². The molecule has 0 aliphatic carbocycles. The van der Waals surface area contributed by atoms with Crippen LogP contribution in [0.3, 0.4) is 0 Å². The van der Waals surface area contributed by atoms with Crippen LogP contribution >= 0.6 is 23.4 Å². The van der Waals surface area contributed by atoms with E-state index in [0.717, 1.165) is 5.56 Å². The zero-order valence-electron chi connectivity index (χ0n) is 13.3. The third kappa shape index (κ3) is 4.29. The Morgan fingerprint density at radius 2 is 1.88 bits per heavy atom. The summed E-state index contributed by atoms with van der Waals surface area (Å²) in [5.74, 6) is 0.622. The van der Waals surface area contributed by atoms with Gasteiger partial charge in [-0.2, -0.15) is 0 Å². The van der Waals surface area contributed by atoms with Gasteiger partial charge in [-0.3, -0.25) is 0 Å². The van der Waals surface area contributed by atoms with Gasteiger partial charge in [0.2, 0.25) is 5.16 Å². The fraction of sp³-hybridized carbons (Fsp3) is 0.176. The molecule has 8 heteroatoms. The summed E-state index contributed by atoms with van der Waals surface area (Å²) in [7, 11) is 0. The second-order valence-electron chi connectivity index (χ2n) is 5.32. The van der Waals surface area contributed by atoms with Crippen LogP contribution in [0.2, 0.25) is 5.02 Å². The highest BCUT2D eigenvalue weighted by Gasteiger charge is 2.12. The lowest BCUT2D eigenvalue weighted by atomic mass is 10.2. The average Bonchev–Trinajstić information content (AvgIpc) is 2.94. The predicted octanol–water partition coefficient (Wildman–Crippen LogP) is 4.55. The lowest BCUT2D eigenvalue weighted by Crippen LogP contribution is -2.18. The van der Waals surface area contributed by atoms with Crippen molar-refractivity contribution in [3.63, 3.8) is 0 Å².